The van der Waals surface area contributed by atoms with Gasteiger partial charge in [-0.1, -0.05) is 6.07 Å². The van der Waals surface area contributed by atoms with Crippen molar-refractivity contribution in [2.45, 2.75) is 20.4 Å². The molecule has 7 heteroatoms. The summed E-state index contributed by atoms with van der Waals surface area (Å²) in [6, 6.07) is 4.02. The minimum atomic E-state index is -0.214. The van der Waals surface area contributed by atoms with Gasteiger partial charge in [0.15, 0.2) is 0 Å². The third kappa shape index (κ3) is 3.88. The van der Waals surface area contributed by atoms with E-state index in [0.29, 0.717) is 6.54 Å². The van der Waals surface area contributed by atoms with E-state index in [-0.39, 0.29) is 18.4 Å². The number of thiazole rings is 1. The number of nitrogens with zero attached hydrogens (tertiary/aromatic N) is 1. The third-order valence-electron chi connectivity index (χ3n) is 2.57. The van der Waals surface area contributed by atoms with Gasteiger partial charge in [-0.15, -0.1) is 22.7 Å². The van der Waals surface area contributed by atoms with Crippen LogP contribution in [0.3, 0.4) is 0 Å². The molecule has 0 aromatic carbocycles. The van der Waals surface area contributed by atoms with E-state index < -0.39 is 0 Å². The van der Waals surface area contributed by atoms with Crippen LogP contribution in [-0.4, -0.2) is 23.3 Å². The van der Waals surface area contributed by atoms with Gasteiger partial charge >= 0.3 is 0 Å². The number of carbonyl (C=O) groups is 2. The highest BCUT2D eigenvalue weighted by molar-refractivity contribution is 7.21. The number of hydrogen-bond acceptors (Lipinski definition) is 5. The molecule has 2 N–H and O–H groups in total. The summed E-state index contributed by atoms with van der Waals surface area (Å²) >= 11 is 3.23. The van der Waals surface area contributed by atoms with Gasteiger partial charge in [0.05, 0.1) is 23.7 Å². The number of hydrogen-bond donors (Lipinski definition) is 2. The summed E-state index contributed by atoms with van der Waals surface area (Å²) in [4.78, 5) is 28.9. The summed E-state index contributed by atoms with van der Waals surface area (Å²) in [5.41, 5.74) is 0.929. The average molecular weight is 309 g/mol. The fraction of sp³-hybridized carbons (Fsp3) is 0.308. The monoisotopic (exact) mass is 309 g/mol. The highest BCUT2D eigenvalue weighted by Gasteiger charge is 2.11. The van der Waals surface area contributed by atoms with Crippen LogP contribution in [0, 0.1) is 6.92 Å². The van der Waals surface area contributed by atoms with Gasteiger partial charge in [-0.05, 0) is 18.4 Å². The van der Waals surface area contributed by atoms with E-state index in [1.165, 1.54) is 6.92 Å². The molecule has 0 atom stereocenters. The Morgan fingerprint density at radius 2 is 2.15 bits per heavy atom. The van der Waals surface area contributed by atoms with Crippen LogP contribution in [0.25, 0.3) is 9.88 Å². The summed E-state index contributed by atoms with van der Waals surface area (Å²) in [6.45, 7) is 3.76. The molecular weight excluding hydrogens is 294 g/mol. The number of nitrogens with one attached hydrogen (secondary N) is 2. The van der Waals surface area contributed by atoms with Crippen LogP contribution in [0.15, 0.2) is 17.5 Å². The predicted molar refractivity (Wildman–Crippen MR) is 80.7 cm³/mol. The Kier molecular flexibility index (Phi) is 4.86. The van der Waals surface area contributed by atoms with Crippen LogP contribution >= 0.6 is 22.7 Å². The van der Waals surface area contributed by atoms with Gasteiger partial charge in [-0.3, -0.25) is 9.59 Å². The molecule has 20 heavy (non-hydrogen) atoms. The summed E-state index contributed by atoms with van der Waals surface area (Å²) in [5.74, 6) is -0.417. The molecule has 0 unspecified atom stereocenters. The minimum absolute atomic E-state index is 0.00493. The Balaban J connectivity index is 1.93. The van der Waals surface area contributed by atoms with Crippen LogP contribution in [0.2, 0.25) is 0 Å². The molecule has 0 saturated carbocycles. The van der Waals surface area contributed by atoms with Gasteiger partial charge in [0.2, 0.25) is 11.8 Å². The highest BCUT2D eigenvalue weighted by atomic mass is 32.1. The fourth-order valence-electron chi connectivity index (χ4n) is 1.54. The van der Waals surface area contributed by atoms with Crippen LogP contribution < -0.4 is 10.6 Å². The molecule has 5 nitrogen and oxygen atoms in total. The Bertz CT molecular complexity index is 605. The molecule has 0 radical (unpaired) electrons. The summed E-state index contributed by atoms with van der Waals surface area (Å²) in [7, 11) is 0. The fourth-order valence-corrected chi connectivity index (χ4v) is 3.34. The Labute approximate surface area is 125 Å². The lowest BCUT2D eigenvalue weighted by atomic mass is 10.4. The normalized spacial score (nSPS) is 10.3. The molecular formula is C13H15N3O2S2. The molecule has 2 aromatic heterocycles. The van der Waals surface area contributed by atoms with Crippen molar-refractivity contribution < 1.29 is 9.59 Å². The number of aromatic nitrogens is 1. The summed E-state index contributed by atoms with van der Waals surface area (Å²) < 4.78 is 0. The van der Waals surface area contributed by atoms with Gasteiger partial charge in [-0.2, -0.15) is 0 Å². The zero-order valence-corrected chi connectivity index (χ0v) is 12.9. The number of thiophene rings is 1. The van der Waals surface area contributed by atoms with Crippen molar-refractivity contribution in [3.05, 3.63) is 28.1 Å². The zero-order chi connectivity index (χ0) is 14.5. The summed E-state index contributed by atoms with van der Waals surface area (Å²) in [5, 5.41) is 8.23. The summed E-state index contributed by atoms with van der Waals surface area (Å²) in [6.07, 6.45) is 0. The van der Waals surface area contributed by atoms with Crippen molar-refractivity contribution in [1.82, 2.24) is 15.6 Å². The van der Waals surface area contributed by atoms with E-state index in [2.05, 4.69) is 15.6 Å². The molecule has 0 bridgehead atoms. The lowest BCUT2D eigenvalue weighted by Gasteiger charge is -2.04. The largest absolute Gasteiger partial charge is 0.350 e. The molecule has 2 amide bonds. The van der Waals surface area contributed by atoms with Gasteiger partial charge in [0.25, 0.3) is 0 Å². The molecule has 2 rings (SSSR count). The first-order valence-corrected chi connectivity index (χ1v) is 7.77. The first-order chi connectivity index (χ1) is 9.56. The minimum Gasteiger partial charge on any atom is -0.350 e. The van der Waals surface area contributed by atoms with Gasteiger partial charge in [0.1, 0.15) is 5.01 Å². The lowest BCUT2D eigenvalue weighted by Crippen LogP contribution is -2.35. The van der Waals surface area contributed by atoms with Gasteiger partial charge < -0.3 is 10.6 Å². The highest BCUT2D eigenvalue weighted by Crippen LogP contribution is 2.30. The molecule has 0 aliphatic rings. The predicted octanol–water partition coefficient (Wildman–Crippen LogP) is 1.93. The van der Waals surface area contributed by atoms with Crippen LogP contribution in [0.5, 0.6) is 0 Å². The quantitative estimate of drug-likeness (QED) is 0.886. The van der Waals surface area contributed by atoms with E-state index in [4.69, 9.17) is 0 Å². The van der Waals surface area contributed by atoms with Crippen molar-refractivity contribution in [3.63, 3.8) is 0 Å². The maximum Gasteiger partial charge on any atom is 0.239 e. The van der Waals surface area contributed by atoms with E-state index in [9.17, 15) is 9.59 Å². The molecule has 106 valence electrons. The molecule has 0 fully saturated rings. The second kappa shape index (κ2) is 6.62. The third-order valence-corrected chi connectivity index (χ3v) is 4.77. The van der Waals surface area contributed by atoms with Crippen molar-refractivity contribution in [3.8, 4) is 9.88 Å². The molecule has 2 aromatic rings. The Morgan fingerprint density at radius 1 is 1.35 bits per heavy atom. The SMILES string of the molecule is CC(=O)NCC(=O)NCc1sc(-c2cccs2)nc1C. The van der Waals surface area contributed by atoms with Crippen LogP contribution in [-0.2, 0) is 16.1 Å². The number of aryl methyl sites for hydroxylation is 1. The second-order valence-electron chi connectivity index (χ2n) is 4.19. The van der Waals surface area contributed by atoms with E-state index >= 15 is 0 Å². The number of amides is 2. The van der Waals surface area contributed by atoms with E-state index in [0.717, 1.165) is 20.5 Å². The Hall–Kier alpha value is -1.73. The van der Waals surface area contributed by atoms with Crippen LogP contribution in [0.1, 0.15) is 17.5 Å². The maximum atomic E-state index is 11.5. The molecule has 0 aliphatic heterocycles. The molecule has 0 saturated heterocycles. The van der Waals surface area contributed by atoms with Crippen molar-refractivity contribution in [1.29, 1.82) is 0 Å². The van der Waals surface area contributed by atoms with Gasteiger partial charge in [0, 0.05) is 11.8 Å². The standard InChI is InChI=1S/C13H15N3O2S2/c1-8-11(6-15-12(18)7-14-9(2)17)20-13(16-8)10-4-3-5-19-10/h3-5H,6-7H2,1-2H3,(H,14,17)(H,15,18). The van der Waals surface area contributed by atoms with E-state index in [1.54, 1.807) is 22.7 Å². The van der Waals surface area contributed by atoms with Crippen molar-refractivity contribution in [2.24, 2.45) is 0 Å². The van der Waals surface area contributed by atoms with Crippen molar-refractivity contribution in [2.75, 3.05) is 6.54 Å². The number of carbonyl (C=O) groups excluding carboxylic acids is 2. The Morgan fingerprint density at radius 3 is 2.80 bits per heavy atom. The average Bonchev–Trinajstić information content (AvgIpc) is 3.03. The first-order valence-electron chi connectivity index (χ1n) is 6.07. The molecule has 0 spiro atoms. The van der Waals surface area contributed by atoms with E-state index in [1.807, 2.05) is 24.4 Å². The van der Waals surface area contributed by atoms with Gasteiger partial charge in [-0.25, -0.2) is 4.98 Å². The molecule has 0 aliphatic carbocycles. The number of rotatable bonds is 5. The zero-order valence-electron chi connectivity index (χ0n) is 11.2. The van der Waals surface area contributed by atoms with Crippen molar-refractivity contribution >= 4 is 34.5 Å². The second-order valence-corrected chi connectivity index (χ2v) is 6.22. The van der Waals surface area contributed by atoms with Crippen LogP contribution in [0.4, 0.5) is 0 Å². The molecule has 2 heterocycles. The smallest absolute Gasteiger partial charge is 0.239 e. The maximum absolute atomic E-state index is 11.5. The first kappa shape index (κ1) is 14.7. The topological polar surface area (TPSA) is 71.1 Å². The lowest BCUT2D eigenvalue weighted by molar-refractivity contribution is -0.125.